The number of aromatic nitrogens is 1. The summed E-state index contributed by atoms with van der Waals surface area (Å²) in [5, 5.41) is 2.94. The highest BCUT2D eigenvalue weighted by molar-refractivity contribution is 5.99. The molecule has 160 valence electrons. The van der Waals surface area contributed by atoms with Gasteiger partial charge in [-0.1, -0.05) is 26.0 Å². The van der Waals surface area contributed by atoms with E-state index in [1.54, 1.807) is 18.2 Å². The molecule has 1 saturated heterocycles. The van der Waals surface area contributed by atoms with Crippen LogP contribution in [-0.2, 0) is 4.79 Å². The van der Waals surface area contributed by atoms with Crippen molar-refractivity contribution in [2.24, 2.45) is 5.92 Å². The van der Waals surface area contributed by atoms with Crippen LogP contribution in [-0.4, -0.2) is 55.5 Å². The largest absolute Gasteiger partial charge is 0.493 e. The zero-order valence-electron chi connectivity index (χ0n) is 17.9. The third-order valence-electron chi connectivity index (χ3n) is 5.31. The Morgan fingerprint density at radius 2 is 1.73 bits per heavy atom. The Morgan fingerprint density at radius 1 is 1.07 bits per heavy atom. The molecule has 0 radical (unpaired) electrons. The molecule has 30 heavy (non-hydrogen) atoms. The molecule has 2 N–H and O–H groups in total. The number of pyridine rings is 1. The number of aromatic amines is 1. The van der Waals surface area contributed by atoms with Crippen molar-refractivity contribution < 1.29 is 19.3 Å². The van der Waals surface area contributed by atoms with Crippen molar-refractivity contribution in [1.29, 1.82) is 0 Å². The Morgan fingerprint density at radius 3 is 2.37 bits per heavy atom. The molecule has 3 rings (SSSR count). The summed E-state index contributed by atoms with van der Waals surface area (Å²) in [5.74, 6) is 0.183. The van der Waals surface area contributed by atoms with Gasteiger partial charge in [-0.15, -0.1) is 0 Å². The van der Waals surface area contributed by atoms with Crippen molar-refractivity contribution in [3.8, 4) is 5.75 Å². The fourth-order valence-corrected chi connectivity index (χ4v) is 3.64. The van der Waals surface area contributed by atoms with Gasteiger partial charge in [-0.05, 0) is 25.0 Å². The first-order chi connectivity index (χ1) is 14.5. The average Bonchev–Trinajstić information content (AvgIpc) is 2.78. The molecule has 0 saturated carbocycles. The minimum atomic E-state index is -0.579. The normalized spacial score (nSPS) is 15.1. The minimum absolute atomic E-state index is 0.0246. The molecule has 1 aromatic heterocycles. The molecule has 2 heterocycles. The van der Waals surface area contributed by atoms with Crippen LogP contribution in [0.2, 0.25) is 0 Å². The number of H-pyrrole nitrogens is 1. The van der Waals surface area contributed by atoms with Gasteiger partial charge in [-0.3, -0.25) is 9.59 Å². The second-order valence-corrected chi connectivity index (χ2v) is 7.69. The van der Waals surface area contributed by atoms with E-state index in [4.69, 9.17) is 4.74 Å². The average molecular weight is 412 g/mol. The van der Waals surface area contributed by atoms with Crippen molar-refractivity contribution in [2.45, 2.75) is 26.8 Å². The van der Waals surface area contributed by atoms with Crippen molar-refractivity contribution in [3.63, 3.8) is 0 Å². The minimum Gasteiger partial charge on any atom is -0.493 e. The summed E-state index contributed by atoms with van der Waals surface area (Å²) < 4.78 is 5.57. The first-order valence-electron chi connectivity index (χ1n) is 10.5. The number of piperazine rings is 1. The summed E-state index contributed by atoms with van der Waals surface area (Å²) >= 11 is 0. The Hall–Kier alpha value is -3.09. The van der Waals surface area contributed by atoms with Gasteiger partial charge in [0.15, 0.2) is 12.4 Å². The van der Waals surface area contributed by atoms with Gasteiger partial charge in [0, 0.05) is 44.0 Å². The Balaban J connectivity index is 1.65. The summed E-state index contributed by atoms with van der Waals surface area (Å²) in [6, 6.07) is 10.6. The van der Waals surface area contributed by atoms with Crippen molar-refractivity contribution in [2.75, 3.05) is 37.7 Å². The van der Waals surface area contributed by atoms with E-state index in [0.717, 1.165) is 18.8 Å². The van der Waals surface area contributed by atoms with E-state index in [0.29, 0.717) is 31.0 Å². The molecule has 1 atom stereocenters. The maximum atomic E-state index is 13.2. The van der Waals surface area contributed by atoms with E-state index >= 15 is 0 Å². The molecule has 0 aliphatic carbocycles. The Labute approximate surface area is 178 Å². The third kappa shape index (κ3) is 5.09. The molecule has 1 fully saturated rings. The van der Waals surface area contributed by atoms with E-state index in [-0.39, 0.29) is 17.7 Å². The number of carbonyl (C=O) groups is 2. The smallest absolute Gasteiger partial charge is 0.255 e. The number of rotatable bonds is 7. The molecular weight excluding hydrogens is 380 g/mol. The van der Waals surface area contributed by atoms with Gasteiger partial charge in [0.25, 0.3) is 5.91 Å². The summed E-state index contributed by atoms with van der Waals surface area (Å²) in [7, 11) is 0. The first kappa shape index (κ1) is 21.6. The van der Waals surface area contributed by atoms with Crippen molar-refractivity contribution in [1.82, 2.24) is 10.2 Å². The summed E-state index contributed by atoms with van der Waals surface area (Å²) in [5.41, 5.74) is 1.59. The number of benzene rings is 1. The van der Waals surface area contributed by atoms with Crippen LogP contribution in [0.3, 0.4) is 0 Å². The summed E-state index contributed by atoms with van der Waals surface area (Å²) in [6.45, 7) is 9.05. The van der Waals surface area contributed by atoms with Crippen LogP contribution in [0.15, 0.2) is 48.8 Å². The van der Waals surface area contributed by atoms with Crippen molar-refractivity contribution in [3.05, 3.63) is 54.4 Å². The molecule has 7 nitrogen and oxygen atoms in total. The van der Waals surface area contributed by atoms with Gasteiger partial charge in [-0.25, -0.2) is 4.98 Å². The van der Waals surface area contributed by atoms with Crippen LogP contribution in [0.4, 0.5) is 5.69 Å². The number of ether oxygens (including phenoxy) is 1. The number of hydrogen-bond acceptors (Lipinski definition) is 4. The monoisotopic (exact) mass is 411 g/mol. The third-order valence-corrected chi connectivity index (χ3v) is 5.31. The second kappa shape index (κ2) is 10.1. The predicted molar refractivity (Wildman–Crippen MR) is 115 cm³/mol. The standard InChI is InChI=1S/C23H30N4O3/c1-4-30-20-8-6-5-7-19(20)22(28)25-21(17(2)3)23(29)27-15-13-26(14-16-27)18-9-11-24-12-10-18/h5-12,17,21H,4,13-16H2,1-3H3,(H,25,28)/p+1/t21-/m0/s1. The highest BCUT2D eigenvalue weighted by atomic mass is 16.5. The zero-order chi connectivity index (χ0) is 21.5. The SMILES string of the molecule is CCOc1ccccc1C(=O)N[C@H](C(=O)N1CCN(c2cc[nH+]cc2)CC1)C(C)C. The molecule has 0 bridgehead atoms. The van der Waals surface area contributed by atoms with Crippen LogP contribution >= 0.6 is 0 Å². The number of anilines is 1. The van der Waals surface area contributed by atoms with Gasteiger partial charge in [0.2, 0.25) is 5.91 Å². The molecule has 1 aliphatic heterocycles. The van der Waals surface area contributed by atoms with E-state index in [1.165, 1.54) is 0 Å². The lowest BCUT2D eigenvalue weighted by atomic mass is 10.0. The zero-order valence-corrected chi connectivity index (χ0v) is 17.9. The number of nitrogens with one attached hydrogen (secondary N) is 2. The maximum absolute atomic E-state index is 13.2. The van der Waals surface area contributed by atoms with Crippen LogP contribution in [0, 0.1) is 5.92 Å². The lowest BCUT2D eigenvalue weighted by Gasteiger charge is -2.38. The van der Waals surface area contributed by atoms with Gasteiger partial charge in [-0.2, -0.15) is 0 Å². The van der Waals surface area contributed by atoms with Gasteiger partial charge in [0.05, 0.1) is 12.2 Å². The molecule has 0 spiro atoms. The topological polar surface area (TPSA) is 76.0 Å². The van der Waals surface area contributed by atoms with Crippen molar-refractivity contribution >= 4 is 17.5 Å². The van der Waals surface area contributed by atoms with Crippen LogP contribution in [0.1, 0.15) is 31.1 Å². The molecule has 0 unspecified atom stereocenters. The number of nitrogens with zero attached hydrogens (tertiary/aromatic N) is 2. The van der Waals surface area contributed by atoms with E-state index in [1.807, 2.05) is 56.3 Å². The number of carbonyl (C=O) groups excluding carboxylic acids is 2. The molecular formula is C23H31N4O3+. The molecule has 2 aromatic rings. The van der Waals surface area contributed by atoms with E-state index < -0.39 is 6.04 Å². The van der Waals surface area contributed by atoms with Crippen LogP contribution in [0.25, 0.3) is 0 Å². The predicted octanol–water partition coefficient (Wildman–Crippen LogP) is 2.00. The van der Waals surface area contributed by atoms with E-state index in [2.05, 4.69) is 15.2 Å². The van der Waals surface area contributed by atoms with Crippen LogP contribution in [0.5, 0.6) is 5.75 Å². The quantitative estimate of drug-likeness (QED) is 0.756. The molecule has 1 aliphatic rings. The lowest BCUT2D eigenvalue weighted by molar-refractivity contribution is -0.377. The van der Waals surface area contributed by atoms with Gasteiger partial charge >= 0.3 is 0 Å². The Bertz CT molecular complexity index is 849. The molecule has 2 amide bonds. The maximum Gasteiger partial charge on any atom is 0.255 e. The fraction of sp³-hybridized carbons (Fsp3) is 0.435. The van der Waals surface area contributed by atoms with Gasteiger partial charge in [0.1, 0.15) is 11.8 Å². The second-order valence-electron chi connectivity index (χ2n) is 7.69. The molecule has 1 aromatic carbocycles. The first-order valence-corrected chi connectivity index (χ1v) is 10.5. The van der Waals surface area contributed by atoms with Crippen LogP contribution < -0.4 is 19.9 Å². The highest BCUT2D eigenvalue weighted by Gasteiger charge is 2.31. The lowest BCUT2D eigenvalue weighted by Crippen LogP contribution is -2.56. The molecule has 7 heteroatoms. The number of para-hydroxylation sites is 1. The Kier molecular flexibility index (Phi) is 7.27. The van der Waals surface area contributed by atoms with Gasteiger partial charge < -0.3 is 19.9 Å². The summed E-state index contributed by atoms with van der Waals surface area (Å²) in [4.78, 5) is 33.3. The highest BCUT2D eigenvalue weighted by Crippen LogP contribution is 2.20. The number of hydrogen-bond donors (Lipinski definition) is 1. The number of amides is 2. The van der Waals surface area contributed by atoms with E-state index in [9.17, 15) is 9.59 Å². The summed E-state index contributed by atoms with van der Waals surface area (Å²) in [6.07, 6.45) is 3.80. The fourth-order valence-electron chi connectivity index (χ4n) is 3.64.